The molecule has 0 atom stereocenters. The number of rotatable bonds is 5. The van der Waals surface area contributed by atoms with Crippen LogP contribution in [0.5, 0.6) is 0 Å². The number of amides is 1. The van der Waals surface area contributed by atoms with E-state index in [9.17, 15) is 23.2 Å². The number of hydrogen-bond acceptors (Lipinski definition) is 7. The van der Waals surface area contributed by atoms with Gasteiger partial charge in [0.05, 0.1) is 23.7 Å². The zero-order valence-electron chi connectivity index (χ0n) is 21.9. The fourth-order valence-electron chi connectivity index (χ4n) is 5.29. The zero-order valence-corrected chi connectivity index (χ0v) is 21.9. The minimum absolute atomic E-state index is 0.00258. The number of hydrogen-bond donors (Lipinski definition) is 1. The van der Waals surface area contributed by atoms with Crippen LogP contribution in [0, 0.1) is 11.3 Å². The van der Waals surface area contributed by atoms with Crippen LogP contribution in [-0.2, 0) is 24.5 Å². The Labute approximate surface area is 233 Å². The minimum Gasteiger partial charge on any atom is -0.381 e. The highest BCUT2D eigenvalue weighted by Crippen LogP contribution is 2.40. The van der Waals surface area contributed by atoms with Gasteiger partial charge in [-0.15, -0.1) is 10.2 Å². The molecule has 1 saturated heterocycles. The Hall–Kier alpha value is -4.76. The van der Waals surface area contributed by atoms with Crippen molar-refractivity contribution in [3.63, 3.8) is 0 Å². The van der Waals surface area contributed by atoms with Gasteiger partial charge in [0.1, 0.15) is 18.0 Å². The van der Waals surface area contributed by atoms with Gasteiger partial charge < -0.3 is 14.6 Å². The molecule has 2 aromatic heterocycles. The molecule has 0 unspecified atom stereocenters. The SMILES string of the molecule is Cn1cnnc1-c1ccc(C#N)cc1-c1cc(NC2CCOCC2)nc(N2Cc3c(cccc3C(F)(F)F)C2=O)c1. The summed E-state index contributed by atoms with van der Waals surface area (Å²) in [6.07, 6.45) is -1.54. The standard InChI is InChI=1S/C29H24F3N7O2/c1-38-16-34-37-27(38)20-6-5-17(14-33)11-22(20)18-12-25(35-19-7-9-41-10-8-19)36-26(13-18)39-15-23-21(28(39)40)3-2-4-24(23)29(30,31)32/h2-6,11-13,16,19H,7-10,15H2,1H3,(H,35,36). The number of fused-ring (bicyclic) bond motifs is 1. The fraction of sp³-hybridized carbons (Fsp3) is 0.276. The first-order chi connectivity index (χ1) is 19.7. The quantitative estimate of drug-likeness (QED) is 0.359. The number of nitrogens with zero attached hydrogens (tertiary/aromatic N) is 6. The van der Waals surface area contributed by atoms with Gasteiger partial charge in [-0.3, -0.25) is 9.69 Å². The van der Waals surface area contributed by atoms with E-state index in [-0.39, 0.29) is 29.5 Å². The number of aryl methyl sites for hydroxylation is 1. The fourth-order valence-corrected chi connectivity index (χ4v) is 5.29. The average Bonchev–Trinajstić information content (AvgIpc) is 3.55. The predicted molar refractivity (Wildman–Crippen MR) is 144 cm³/mol. The first-order valence-electron chi connectivity index (χ1n) is 13.0. The summed E-state index contributed by atoms with van der Waals surface area (Å²) < 4.78 is 48.6. The Bertz CT molecular complexity index is 1690. The summed E-state index contributed by atoms with van der Waals surface area (Å²) in [4.78, 5) is 19.4. The molecule has 0 bridgehead atoms. The molecule has 1 N–H and O–H groups in total. The van der Waals surface area contributed by atoms with Crippen LogP contribution >= 0.6 is 0 Å². The number of nitrogens with one attached hydrogen (secondary N) is 1. The van der Waals surface area contributed by atoms with E-state index in [1.54, 1.807) is 42.2 Å². The highest BCUT2D eigenvalue weighted by Gasteiger charge is 2.40. The number of pyridine rings is 1. The van der Waals surface area contributed by atoms with E-state index in [4.69, 9.17) is 4.74 Å². The number of aromatic nitrogens is 4. The third-order valence-corrected chi connectivity index (χ3v) is 7.35. The molecular formula is C29H24F3N7O2. The molecule has 208 valence electrons. The third-order valence-electron chi connectivity index (χ3n) is 7.35. The molecule has 12 heteroatoms. The van der Waals surface area contributed by atoms with Crippen molar-refractivity contribution in [2.45, 2.75) is 31.6 Å². The van der Waals surface area contributed by atoms with Crippen LogP contribution in [0.4, 0.5) is 24.8 Å². The highest BCUT2D eigenvalue weighted by molar-refractivity contribution is 6.10. The van der Waals surface area contributed by atoms with E-state index in [2.05, 4.69) is 26.6 Å². The number of nitriles is 1. The molecule has 1 fully saturated rings. The average molecular weight is 560 g/mol. The Balaban J connectivity index is 1.49. The molecule has 0 saturated carbocycles. The van der Waals surface area contributed by atoms with E-state index in [1.807, 2.05) is 6.07 Å². The Kier molecular flexibility index (Phi) is 6.67. The van der Waals surface area contributed by atoms with Crippen LogP contribution in [-0.4, -0.2) is 44.9 Å². The van der Waals surface area contributed by atoms with Crippen molar-refractivity contribution in [1.82, 2.24) is 19.7 Å². The van der Waals surface area contributed by atoms with Gasteiger partial charge in [0, 0.05) is 37.4 Å². The molecular weight excluding hydrogens is 535 g/mol. The van der Waals surface area contributed by atoms with Crippen LogP contribution in [0.3, 0.4) is 0 Å². The van der Waals surface area contributed by atoms with E-state index < -0.39 is 17.6 Å². The number of anilines is 2. The lowest BCUT2D eigenvalue weighted by Gasteiger charge is -2.25. The van der Waals surface area contributed by atoms with Crippen molar-refractivity contribution in [1.29, 1.82) is 5.26 Å². The summed E-state index contributed by atoms with van der Waals surface area (Å²) in [5, 5.41) is 21.3. The Morgan fingerprint density at radius 3 is 2.59 bits per heavy atom. The maximum atomic E-state index is 13.8. The molecule has 2 aliphatic heterocycles. The lowest BCUT2D eigenvalue weighted by molar-refractivity contribution is -0.138. The van der Waals surface area contributed by atoms with Gasteiger partial charge in [-0.1, -0.05) is 6.07 Å². The van der Waals surface area contributed by atoms with Crippen molar-refractivity contribution in [3.8, 4) is 28.6 Å². The lowest BCUT2D eigenvalue weighted by atomic mass is 9.97. The van der Waals surface area contributed by atoms with Gasteiger partial charge in [-0.25, -0.2) is 4.98 Å². The van der Waals surface area contributed by atoms with Gasteiger partial charge in [0.2, 0.25) is 0 Å². The van der Waals surface area contributed by atoms with Gasteiger partial charge >= 0.3 is 6.18 Å². The summed E-state index contributed by atoms with van der Waals surface area (Å²) in [5.74, 6) is 0.640. The van der Waals surface area contributed by atoms with Gasteiger partial charge in [-0.2, -0.15) is 18.4 Å². The highest BCUT2D eigenvalue weighted by atomic mass is 19.4. The second-order valence-corrected chi connectivity index (χ2v) is 9.99. The maximum Gasteiger partial charge on any atom is 0.416 e. The summed E-state index contributed by atoms with van der Waals surface area (Å²) in [7, 11) is 1.80. The molecule has 0 spiro atoms. The van der Waals surface area contributed by atoms with Gasteiger partial charge in [0.15, 0.2) is 5.82 Å². The van der Waals surface area contributed by atoms with Crippen molar-refractivity contribution in [2.24, 2.45) is 7.05 Å². The molecule has 4 heterocycles. The van der Waals surface area contributed by atoms with Crippen LogP contribution in [0.15, 0.2) is 54.9 Å². The molecule has 9 nitrogen and oxygen atoms in total. The van der Waals surface area contributed by atoms with Crippen LogP contribution in [0.25, 0.3) is 22.5 Å². The monoisotopic (exact) mass is 559 g/mol. The smallest absolute Gasteiger partial charge is 0.381 e. The Morgan fingerprint density at radius 2 is 1.88 bits per heavy atom. The molecule has 4 aromatic rings. The maximum absolute atomic E-state index is 13.8. The number of benzene rings is 2. The third kappa shape index (κ3) is 5.00. The largest absolute Gasteiger partial charge is 0.416 e. The van der Waals surface area contributed by atoms with Crippen LogP contribution in [0.1, 0.15) is 39.9 Å². The second-order valence-electron chi connectivity index (χ2n) is 9.99. The zero-order chi connectivity index (χ0) is 28.7. The van der Waals surface area contributed by atoms with Crippen molar-refractivity contribution >= 4 is 17.5 Å². The van der Waals surface area contributed by atoms with E-state index in [1.165, 1.54) is 17.0 Å². The Morgan fingerprint density at radius 1 is 1.07 bits per heavy atom. The first-order valence-corrected chi connectivity index (χ1v) is 13.0. The number of halogens is 3. The number of carbonyl (C=O) groups excluding carboxylic acids is 1. The normalized spacial score (nSPS) is 15.6. The van der Waals surface area contributed by atoms with Gasteiger partial charge in [-0.05, 0) is 72.0 Å². The van der Waals surface area contributed by atoms with E-state index in [0.717, 1.165) is 18.9 Å². The summed E-state index contributed by atoms with van der Waals surface area (Å²) in [5.41, 5.74) is 1.42. The first kappa shape index (κ1) is 26.5. The van der Waals surface area contributed by atoms with E-state index in [0.29, 0.717) is 47.1 Å². The van der Waals surface area contributed by atoms with Crippen molar-refractivity contribution in [3.05, 3.63) is 77.1 Å². The van der Waals surface area contributed by atoms with Gasteiger partial charge in [0.25, 0.3) is 5.91 Å². The number of ether oxygens (including phenoxy) is 1. The van der Waals surface area contributed by atoms with Crippen molar-refractivity contribution in [2.75, 3.05) is 23.4 Å². The minimum atomic E-state index is -4.60. The number of carbonyl (C=O) groups is 1. The number of alkyl halides is 3. The molecule has 6 rings (SSSR count). The van der Waals surface area contributed by atoms with Crippen LogP contribution < -0.4 is 10.2 Å². The molecule has 41 heavy (non-hydrogen) atoms. The summed E-state index contributed by atoms with van der Waals surface area (Å²) in [6.45, 7) is 0.904. The molecule has 0 aliphatic carbocycles. The molecule has 0 radical (unpaired) electrons. The summed E-state index contributed by atoms with van der Waals surface area (Å²) in [6, 6.07) is 14.5. The molecule has 2 aromatic carbocycles. The second kappa shape index (κ2) is 10.3. The topological polar surface area (TPSA) is 109 Å². The van der Waals surface area contributed by atoms with Crippen LogP contribution in [0.2, 0.25) is 0 Å². The predicted octanol–water partition coefficient (Wildman–Crippen LogP) is 5.19. The van der Waals surface area contributed by atoms with E-state index >= 15 is 0 Å². The lowest BCUT2D eigenvalue weighted by Crippen LogP contribution is -2.29. The van der Waals surface area contributed by atoms with Crippen molar-refractivity contribution < 1.29 is 22.7 Å². The molecule has 2 aliphatic rings. The summed E-state index contributed by atoms with van der Waals surface area (Å²) >= 11 is 0. The molecule has 1 amide bonds.